The molecule has 98 valence electrons. The van der Waals surface area contributed by atoms with Crippen LogP contribution in [0.4, 0.5) is 4.79 Å². The summed E-state index contributed by atoms with van der Waals surface area (Å²) in [5, 5.41) is 11.5. The van der Waals surface area contributed by atoms with Crippen LogP contribution in [0.3, 0.4) is 0 Å². The Kier molecular flexibility index (Phi) is 4.78. The van der Waals surface area contributed by atoms with Gasteiger partial charge in [-0.2, -0.15) is 0 Å². The number of carbonyl (C=O) groups excluding carboxylic acids is 1. The highest BCUT2D eigenvalue weighted by atomic mass is 16.4. The fourth-order valence-corrected chi connectivity index (χ4v) is 1.84. The molecular formula is C12H22N2O3. The van der Waals surface area contributed by atoms with Crippen LogP contribution >= 0.6 is 0 Å². The van der Waals surface area contributed by atoms with Crippen molar-refractivity contribution in [3.63, 3.8) is 0 Å². The Morgan fingerprint density at radius 3 is 2.53 bits per heavy atom. The Labute approximate surface area is 102 Å². The molecule has 2 amide bonds. The van der Waals surface area contributed by atoms with E-state index in [9.17, 15) is 9.59 Å². The van der Waals surface area contributed by atoms with Gasteiger partial charge in [0, 0.05) is 20.1 Å². The van der Waals surface area contributed by atoms with Crippen LogP contribution in [0.2, 0.25) is 0 Å². The minimum Gasteiger partial charge on any atom is -0.481 e. The van der Waals surface area contributed by atoms with Gasteiger partial charge in [0.25, 0.3) is 0 Å². The first kappa shape index (κ1) is 13.8. The second kappa shape index (κ2) is 5.89. The molecule has 0 aromatic rings. The molecule has 1 aliphatic rings. The van der Waals surface area contributed by atoms with Gasteiger partial charge in [-0.3, -0.25) is 4.79 Å². The number of carboxylic acids is 1. The number of amides is 2. The van der Waals surface area contributed by atoms with Gasteiger partial charge in [-0.15, -0.1) is 0 Å². The molecule has 5 nitrogen and oxygen atoms in total. The number of nitrogens with zero attached hydrogens (tertiary/aromatic N) is 1. The number of rotatable bonds is 6. The van der Waals surface area contributed by atoms with Gasteiger partial charge in [-0.25, -0.2) is 4.79 Å². The van der Waals surface area contributed by atoms with Crippen LogP contribution in [0.15, 0.2) is 0 Å². The molecule has 0 radical (unpaired) electrons. The molecule has 2 N–H and O–H groups in total. The topological polar surface area (TPSA) is 69.6 Å². The first-order valence-corrected chi connectivity index (χ1v) is 6.17. The van der Waals surface area contributed by atoms with Gasteiger partial charge in [0.15, 0.2) is 0 Å². The summed E-state index contributed by atoms with van der Waals surface area (Å²) in [5.74, 6) is -0.0154. The second-order valence-corrected chi connectivity index (χ2v) is 4.98. The van der Waals surface area contributed by atoms with Crippen molar-refractivity contribution in [1.29, 1.82) is 0 Å². The van der Waals surface area contributed by atoms with Crippen molar-refractivity contribution in [2.24, 2.45) is 17.8 Å². The molecule has 1 aliphatic carbocycles. The summed E-state index contributed by atoms with van der Waals surface area (Å²) in [6, 6.07) is -0.177. The first-order chi connectivity index (χ1) is 7.95. The summed E-state index contributed by atoms with van der Waals surface area (Å²) in [6.45, 7) is 4.95. The maximum atomic E-state index is 11.7. The van der Waals surface area contributed by atoms with Crippen LogP contribution in [0, 0.1) is 17.8 Å². The SMILES string of the molecule is CCC(CNC(=O)N(C)CC1CC1C)C(=O)O. The molecule has 0 heterocycles. The predicted molar refractivity (Wildman–Crippen MR) is 64.7 cm³/mol. The molecule has 0 aromatic carbocycles. The van der Waals surface area contributed by atoms with Crippen molar-refractivity contribution in [3.05, 3.63) is 0 Å². The van der Waals surface area contributed by atoms with Gasteiger partial charge in [0.2, 0.25) is 0 Å². The number of hydrogen-bond acceptors (Lipinski definition) is 2. The number of urea groups is 1. The van der Waals surface area contributed by atoms with Crippen molar-refractivity contribution in [1.82, 2.24) is 10.2 Å². The van der Waals surface area contributed by atoms with Gasteiger partial charge in [0.05, 0.1) is 5.92 Å². The van der Waals surface area contributed by atoms with Gasteiger partial charge < -0.3 is 15.3 Å². The van der Waals surface area contributed by atoms with Crippen LogP contribution < -0.4 is 5.32 Å². The van der Waals surface area contributed by atoms with Gasteiger partial charge in [-0.1, -0.05) is 13.8 Å². The van der Waals surface area contributed by atoms with E-state index in [1.807, 2.05) is 0 Å². The Hall–Kier alpha value is -1.26. The zero-order valence-corrected chi connectivity index (χ0v) is 10.8. The lowest BCUT2D eigenvalue weighted by Gasteiger charge is -2.19. The number of hydrogen-bond donors (Lipinski definition) is 2. The summed E-state index contributed by atoms with van der Waals surface area (Å²) < 4.78 is 0. The van der Waals surface area contributed by atoms with Gasteiger partial charge in [-0.05, 0) is 24.7 Å². The maximum Gasteiger partial charge on any atom is 0.317 e. The third-order valence-corrected chi connectivity index (χ3v) is 3.47. The predicted octanol–water partition coefficient (Wildman–Crippen LogP) is 1.39. The summed E-state index contributed by atoms with van der Waals surface area (Å²) in [7, 11) is 1.75. The van der Waals surface area contributed by atoms with Gasteiger partial charge in [0.1, 0.15) is 0 Å². The zero-order chi connectivity index (χ0) is 13.0. The normalized spacial score (nSPS) is 23.9. The van der Waals surface area contributed by atoms with E-state index < -0.39 is 11.9 Å². The fraction of sp³-hybridized carbons (Fsp3) is 0.833. The molecule has 0 spiro atoms. The Morgan fingerprint density at radius 1 is 1.53 bits per heavy atom. The summed E-state index contributed by atoms with van der Waals surface area (Å²) >= 11 is 0. The highest BCUT2D eigenvalue weighted by molar-refractivity contribution is 5.75. The molecule has 3 atom stereocenters. The van der Waals surface area contributed by atoms with E-state index >= 15 is 0 Å². The van der Waals surface area contributed by atoms with E-state index in [1.54, 1.807) is 18.9 Å². The van der Waals surface area contributed by atoms with Crippen LogP contribution in [-0.4, -0.2) is 42.1 Å². The van der Waals surface area contributed by atoms with Crippen LogP contribution in [0.25, 0.3) is 0 Å². The van der Waals surface area contributed by atoms with Crippen LogP contribution in [0.1, 0.15) is 26.7 Å². The highest BCUT2D eigenvalue weighted by Gasteiger charge is 2.34. The van der Waals surface area contributed by atoms with Crippen molar-refractivity contribution in [2.75, 3.05) is 20.1 Å². The quantitative estimate of drug-likeness (QED) is 0.739. The molecule has 0 aromatic heterocycles. The molecular weight excluding hydrogens is 220 g/mol. The number of carbonyl (C=O) groups is 2. The first-order valence-electron chi connectivity index (χ1n) is 6.17. The summed E-state index contributed by atoms with van der Waals surface area (Å²) in [5.41, 5.74) is 0. The zero-order valence-electron chi connectivity index (χ0n) is 10.8. The Bertz CT molecular complexity index is 293. The van der Waals surface area contributed by atoms with Crippen molar-refractivity contribution < 1.29 is 14.7 Å². The monoisotopic (exact) mass is 242 g/mol. The fourth-order valence-electron chi connectivity index (χ4n) is 1.84. The maximum absolute atomic E-state index is 11.7. The van der Waals surface area contributed by atoms with Crippen molar-refractivity contribution >= 4 is 12.0 Å². The molecule has 3 unspecified atom stereocenters. The lowest BCUT2D eigenvalue weighted by atomic mass is 10.1. The number of carboxylic acid groups (broad SMARTS) is 1. The average molecular weight is 242 g/mol. The van der Waals surface area contributed by atoms with E-state index in [0.717, 1.165) is 6.54 Å². The van der Waals surface area contributed by atoms with Crippen LogP contribution in [0.5, 0.6) is 0 Å². The Balaban J connectivity index is 2.25. The molecule has 0 aliphatic heterocycles. The molecule has 1 rings (SSSR count). The highest BCUT2D eigenvalue weighted by Crippen LogP contribution is 2.37. The summed E-state index contributed by atoms with van der Waals surface area (Å²) in [6.07, 6.45) is 1.71. The molecule has 0 saturated heterocycles. The van der Waals surface area contributed by atoms with E-state index in [1.165, 1.54) is 6.42 Å². The molecule has 1 fully saturated rings. The van der Waals surface area contributed by atoms with E-state index in [2.05, 4.69) is 12.2 Å². The van der Waals surface area contributed by atoms with Crippen molar-refractivity contribution in [3.8, 4) is 0 Å². The molecule has 5 heteroatoms. The third-order valence-electron chi connectivity index (χ3n) is 3.47. The molecule has 1 saturated carbocycles. The average Bonchev–Trinajstić information content (AvgIpc) is 2.94. The Morgan fingerprint density at radius 2 is 2.12 bits per heavy atom. The number of nitrogens with one attached hydrogen (secondary N) is 1. The largest absolute Gasteiger partial charge is 0.481 e. The smallest absolute Gasteiger partial charge is 0.317 e. The lowest BCUT2D eigenvalue weighted by Crippen LogP contribution is -2.41. The molecule has 17 heavy (non-hydrogen) atoms. The van der Waals surface area contributed by atoms with E-state index in [0.29, 0.717) is 18.3 Å². The standard InChI is InChI=1S/C12H22N2O3/c1-4-9(11(15)16)6-13-12(17)14(3)7-10-5-8(10)2/h8-10H,4-7H2,1-3H3,(H,13,17)(H,15,16). The molecule has 0 bridgehead atoms. The van der Waals surface area contributed by atoms with Crippen LogP contribution in [-0.2, 0) is 4.79 Å². The minimum absolute atomic E-state index is 0.177. The lowest BCUT2D eigenvalue weighted by molar-refractivity contribution is -0.141. The number of aliphatic carboxylic acids is 1. The third kappa shape index (κ3) is 4.24. The van der Waals surface area contributed by atoms with Crippen molar-refractivity contribution in [2.45, 2.75) is 26.7 Å². The van der Waals surface area contributed by atoms with Gasteiger partial charge >= 0.3 is 12.0 Å². The van der Waals surface area contributed by atoms with E-state index in [4.69, 9.17) is 5.11 Å². The minimum atomic E-state index is -0.855. The second-order valence-electron chi connectivity index (χ2n) is 4.98. The summed E-state index contributed by atoms with van der Waals surface area (Å²) in [4.78, 5) is 24.1. The van der Waals surface area contributed by atoms with E-state index in [-0.39, 0.29) is 12.6 Å².